The highest BCUT2D eigenvalue weighted by molar-refractivity contribution is 5.14. The van der Waals surface area contributed by atoms with Gasteiger partial charge in [0.1, 0.15) is 0 Å². The van der Waals surface area contributed by atoms with Crippen LogP contribution < -0.4 is 0 Å². The lowest BCUT2D eigenvalue weighted by molar-refractivity contribution is 0.333. The molecule has 0 unspecified atom stereocenters. The van der Waals surface area contributed by atoms with E-state index >= 15 is 0 Å². The molecule has 0 saturated heterocycles. The Bertz CT molecular complexity index is 476. The van der Waals surface area contributed by atoms with Gasteiger partial charge in [-0.05, 0) is 44.0 Å². The summed E-state index contributed by atoms with van der Waals surface area (Å²) >= 11 is 0. The number of rotatable bonds is 7. The minimum atomic E-state index is 1.08. The molecule has 0 radical (unpaired) electrons. The second-order valence-corrected chi connectivity index (χ2v) is 5.16. The zero-order valence-electron chi connectivity index (χ0n) is 11.9. The van der Waals surface area contributed by atoms with Gasteiger partial charge in [0, 0.05) is 19.8 Å². The Hall–Kier alpha value is -1.61. The van der Waals surface area contributed by atoms with Crippen LogP contribution >= 0.6 is 0 Å². The maximum Gasteiger partial charge on any atom is 0.0522 e. The normalized spacial score (nSPS) is 11.1. The molecular formula is C16H23N3. The van der Waals surface area contributed by atoms with Gasteiger partial charge in [-0.2, -0.15) is 5.10 Å². The van der Waals surface area contributed by atoms with Crippen molar-refractivity contribution < 1.29 is 0 Å². The first-order valence-electron chi connectivity index (χ1n) is 6.94. The number of likely N-dealkylation sites (N-methyl/N-ethyl adjacent to an activating group) is 1. The van der Waals surface area contributed by atoms with Gasteiger partial charge in [0.05, 0.1) is 6.20 Å². The van der Waals surface area contributed by atoms with E-state index < -0.39 is 0 Å². The maximum atomic E-state index is 4.19. The van der Waals surface area contributed by atoms with Gasteiger partial charge in [0.25, 0.3) is 0 Å². The van der Waals surface area contributed by atoms with Crippen LogP contribution in [0.3, 0.4) is 0 Å². The molecule has 0 saturated carbocycles. The Balaban J connectivity index is 1.63. The Morgan fingerprint density at radius 2 is 1.84 bits per heavy atom. The molecule has 1 heterocycles. The quantitative estimate of drug-likeness (QED) is 0.760. The van der Waals surface area contributed by atoms with Crippen LogP contribution in [-0.2, 0) is 19.9 Å². The summed E-state index contributed by atoms with van der Waals surface area (Å²) in [6, 6.07) is 10.7. The van der Waals surface area contributed by atoms with Gasteiger partial charge in [-0.1, -0.05) is 30.3 Å². The van der Waals surface area contributed by atoms with Crippen LogP contribution in [-0.4, -0.2) is 34.8 Å². The van der Waals surface area contributed by atoms with E-state index in [0.717, 1.165) is 25.9 Å². The molecule has 0 bridgehead atoms. The molecule has 19 heavy (non-hydrogen) atoms. The van der Waals surface area contributed by atoms with Crippen LogP contribution in [0, 0.1) is 0 Å². The molecule has 1 aromatic heterocycles. The van der Waals surface area contributed by atoms with Gasteiger partial charge in [0.2, 0.25) is 0 Å². The summed E-state index contributed by atoms with van der Waals surface area (Å²) in [7, 11) is 4.16. The summed E-state index contributed by atoms with van der Waals surface area (Å²) < 4.78 is 1.87. The molecule has 0 aliphatic rings. The van der Waals surface area contributed by atoms with E-state index in [1.165, 1.54) is 17.5 Å². The van der Waals surface area contributed by atoms with Crippen molar-refractivity contribution in [2.75, 3.05) is 20.1 Å². The third-order valence-electron chi connectivity index (χ3n) is 3.39. The van der Waals surface area contributed by atoms with Crippen molar-refractivity contribution in [1.82, 2.24) is 14.7 Å². The second-order valence-electron chi connectivity index (χ2n) is 5.16. The number of aryl methyl sites for hydroxylation is 2. The van der Waals surface area contributed by atoms with Crippen LogP contribution in [0.2, 0.25) is 0 Å². The van der Waals surface area contributed by atoms with Gasteiger partial charge in [-0.25, -0.2) is 0 Å². The Morgan fingerprint density at radius 3 is 2.53 bits per heavy atom. The number of benzene rings is 1. The Morgan fingerprint density at radius 1 is 1.05 bits per heavy atom. The molecule has 3 nitrogen and oxygen atoms in total. The minimum absolute atomic E-state index is 1.08. The van der Waals surface area contributed by atoms with Crippen LogP contribution in [0.5, 0.6) is 0 Å². The van der Waals surface area contributed by atoms with Crippen molar-refractivity contribution in [1.29, 1.82) is 0 Å². The molecule has 3 heteroatoms. The fraction of sp³-hybridized carbons (Fsp3) is 0.438. The van der Waals surface area contributed by atoms with Crippen LogP contribution in [0.25, 0.3) is 0 Å². The van der Waals surface area contributed by atoms with Crippen LogP contribution in [0.4, 0.5) is 0 Å². The van der Waals surface area contributed by atoms with Gasteiger partial charge < -0.3 is 4.90 Å². The smallest absolute Gasteiger partial charge is 0.0522 e. The SMILES string of the molecule is CN(CCCc1ccccc1)CCc1cnn(C)c1. The number of aromatic nitrogens is 2. The molecule has 0 amide bonds. The van der Waals surface area contributed by atoms with Crippen molar-refractivity contribution in [3.05, 3.63) is 53.9 Å². The van der Waals surface area contributed by atoms with Crippen molar-refractivity contribution in [3.8, 4) is 0 Å². The third kappa shape index (κ3) is 4.87. The summed E-state index contributed by atoms with van der Waals surface area (Å²) in [6.07, 6.45) is 7.51. The van der Waals surface area contributed by atoms with Crippen LogP contribution in [0.15, 0.2) is 42.7 Å². The standard InChI is InChI=1S/C16H23N3/c1-18(12-10-16-13-17-19(2)14-16)11-6-9-15-7-4-3-5-8-15/h3-5,7-8,13-14H,6,9-12H2,1-2H3. The summed E-state index contributed by atoms with van der Waals surface area (Å²) in [5, 5.41) is 4.19. The van der Waals surface area contributed by atoms with E-state index in [9.17, 15) is 0 Å². The number of hydrogen-bond acceptors (Lipinski definition) is 2. The molecular weight excluding hydrogens is 234 g/mol. The molecule has 2 rings (SSSR count). The molecule has 0 fully saturated rings. The fourth-order valence-electron chi connectivity index (χ4n) is 2.23. The monoisotopic (exact) mass is 257 g/mol. The van der Waals surface area contributed by atoms with E-state index in [-0.39, 0.29) is 0 Å². The highest BCUT2D eigenvalue weighted by Gasteiger charge is 2.01. The Kier molecular flexibility index (Phi) is 5.16. The van der Waals surface area contributed by atoms with E-state index in [2.05, 4.69) is 53.6 Å². The lowest BCUT2D eigenvalue weighted by Crippen LogP contribution is -2.22. The zero-order valence-corrected chi connectivity index (χ0v) is 11.9. The zero-order chi connectivity index (χ0) is 13.5. The average molecular weight is 257 g/mol. The minimum Gasteiger partial charge on any atom is -0.306 e. The van der Waals surface area contributed by atoms with Gasteiger partial charge in [0.15, 0.2) is 0 Å². The number of nitrogens with zero attached hydrogens (tertiary/aromatic N) is 3. The highest BCUT2D eigenvalue weighted by atomic mass is 15.2. The summed E-state index contributed by atoms with van der Waals surface area (Å²) in [5.41, 5.74) is 2.75. The molecule has 0 aliphatic heterocycles. The van der Waals surface area contributed by atoms with E-state index in [4.69, 9.17) is 0 Å². The van der Waals surface area contributed by atoms with Crippen molar-refractivity contribution in [3.63, 3.8) is 0 Å². The summed E-state index contributed by atoms with van der Waals surface area (Å²) in [4.78, 5) is 2.40. The average Bonchev–Trinajstić information content (AvgIpc) is 2.83. The molecule has 0 spiro atoms. The maximum absolute atomic E-state index is 4.19. The lowest BCUT2D eigenvalue weighted by Gasteiger charge is -2.15. The van der Waals surface area contributed by atoms with E-state index in [0.29, 0.717) is 0 Å². The van der Waals surface area contributed by atoms with E-state index in [1.54, 1.807) is 0 Å². The highest BCUT2D eigenvalue weighted by Crippen LogP contribution is 2.04. The summed E-state index contributed by atoms with van der Waals surface area (Å²) in [6.45, 7) is 2.25. The largest absolute Gasteiger partial charge is 0.306 e. The molecule has 0 aliphatic carbocycles. The second kappa shape index (κ2) is 7.10. The molecule has 1 aromatic carbocycles. The van der Waals surface area contributed by atoms with Gasteiger partial charge >= 0.3 is 0 Å². The molecule has 102 valence electrons. The predicted octanol–water partition coefficient (Wildman–Crippen LogP) is 2.53. The van der Waals surface area contributed by atoms with Crippen LogP contribution in [0.1, 0.15) is 17.5 Å². The van der Waals surface area contributed by atoms with Crippen molar-refractivity contribution in [2.24, 2.45) is 7.05 Å². The fourth-order valence-corrected chi connectivity index (χ4v) is 2.23. The number of hydrogen-bond donors (Lipinski definition) is 0. The lowest BCUT2D eigenvalue weighted by atomic mass is 10.1. The summed E-state index contributed by atoms with van der Waals surface area (Å²) in [5.74, 6) is 0. The van der Waals surface area contributed by atoms with E-state index in [1.807, 2.05) is 17.9 Å². The predicted molar refractivity (Wildman–Crippen MR) is 79.2 cm³/mol. The van der Waals surface area contributed by atoms with Crippen molar-refractivity contribution >= 4 is 0 Å². The Labute approximate surface area is 115 Å². The first-order valence-corrected chi connectivity index (χ1v) is 6.94. The topological polar surface area (TPSA) is 21.1 Å². The first-order chi connectivity index (χ1) is 9.24. The molecule has 0 atom stereocenters. The molecule has 0 N–H and O–H groups in total. The first kappa shape index (κ1) is 13.8. The molecule has 2 aromatic rings. The third-order valence-corrected chi connectivity index (χ3v) is 3.39. The van der Waals surface area contributed by atoms with Gasteiger partial charge in [-0.3, -0.25) is 4.68 Å². The van der Waals surface area contributed by atoms with Gasteiger partial charge in [-0.15, -0.1) is 0 Å². The van der Waals surface area contributed by atoms with Crippen molar-refractivity contribution in [2.45, 2.75) is 19.3 Å².